The van der Waals surface area contributed by atoms with E-state index in [4.69, 9.17) is 0 Å². The van der Waals surface area contributed by atoms with Gasteiger partial charge in [-0.05, 0) is 48.6 Å². The number of hydrogen-bond acceptors (Lipinski definition) is 2. The SMILES string of the molecule is CNC(Cc1ccc(C(C)(C)C)cc1)c1cccnc1C. The number of nitrogens with one attached hydrogen (secondary N) is 1. The monoisotopic (exact) mass is 282 g/mol. The quantitative estimate of drug-likeness (QED) is 0.909. The third-order valence-electron chi connectivity index (χ3n) is 4.03. The Morgan fingerprint density at radius 1 is 1.10 bits per heavy atom. The van der Waals surface area contributed by atoms with Crippen molar-refractivity contribution in [3.05, 3.63) is 65.0 Å². The number of hydrogen-bond donors (Lipinski definition) is 1. The first-order chi connectivity index (χ1) is 9.91. The summed E-state index contributed by atoms with van der Waals surface area (Å²) in [6, 6.07) is 13.5. The van der Waals surface area contributed by atoms with E-state index in [1.54, 1.807) is 0 Å². The van der Waals surface area contributed by atoms with Crippen LogP contribution in [0.5, 0.6) is 0 Å². The van der Waals surface area contributed by atoms with Crippen LogP contribution >= 0.6 is 0 Å². The largest absolute Gasteiger partial charge is 0.313 e. The molecule has 112 valence electrons. The molecule has 21 heavy (non-hydrogen) atoms. The average molecular weight is 282 g/mol. The first kappa shape index (κ1) is 15.7. The topological polar surface area (TPSA) is 24.9 Å². The zero-order valence-corrected chi connectivity index (χ0v) is 13.8. The van der Waals surface area contributed by atoms with Crippen molar-refractivity contribution in [2.24, 2.45) is 0 Å². The number of nitrogens with zero attached hydrogens (tertiary/aromatic N) is 1. The first-order valence-corrected chi connectivity index (χ1v) is 7.60. The molecule has 0 amide bonds. The molecule has 1 aromatic carbocycles. The molecule has 0 aliphatic carbocycles. The number of benzene rings is 1. The Kier molecular flexibility index (Phi) is 4.79. The van der Waals surface area contributed by atoms with Crippen LogP contribution in [-0.4, -0.2) is 12.0 Å². The predicted octanol–water partition coefficient (Wildman–Crippen LogP) is 4.19. The summed E-state index contributed by atoms with van der Waals surface area (Å²) in [5.41, 5.74) is 5.32. The standard InChI is InChI=1S/C19H26N2/c1-14-17(7-6-12-21-14)18(20-5)13-15-8-10-16(11-9-15)19(2,3)4/h6-12,18,20H,13H2,1-5H3. The van der Waals surface area contributed by atoms with E-state index in [0.717, 1.165) is 12.1 Å². The lowest BCUT2D eigenvalue weighted by Gasteiger charge is -2.21. The second-order valence-corrected chi connectivity index (χ2v) is 6.67. The molecule has 1 aromatic heterocycles. The molecule has 0 saturated heterocycles. The third kappa shape index (κ3) is 3.92. The predicted molar refractivity (Wildman–Crippen MR) is 89.6 cm³/mol. The molecule has 2 rings (SSSR count). The van der Waals surface area contributed by atoms with Gasteiger partial charge in [0.1, 0.15) is 0 Å². The summed E-state index contributed by atoms with van der Waals surface area (Å²) in [5, 5.41) is 3.41. The van der Waals surface area contributed by atoms with E-state index >= 15 is 0 Å². The van der Waals surface area contributed by atoms with Crippen molar-refractivity contribution in [1.82, 2.24) is 10.3 Å². The summed E-state index contributed by atoms with van der Waals surface area (Å²) in [6.45, 7) is 8.81. The highest BCUT2D eigenvalue weighted by Crippen LogP contribution is 2.24. The molecule has 0 saturated carbocycles. The lowest BCUT2D eigenvalue weighted by atomic mass is 9.86. The highest BCUT2D eigenvalue weighted by atomic mass is 14.9. The number of pyridine rings is 1. The normalized spacial score (nSPS) is 13.2. The fourth-order valence-corrected chi connectivity index (χ4v) is 2.61. The average Bonchev–Trinajstić information content (AvgIpc) is 2.45. The fraction of sp³-hybridized carbons (Fsp3) is 0.421. The molecule has 0 aliphatic rings. The molecule has 0 fully saturated rings. The summed E-state index contributed by atoms with van der Waals surface area (Å²) in [7, 11) is 2.01. The van der Waals surface area contributed by atoms with Gasteiger partial charge in [0.15, 0.2) is 0 Å². The van der Waals surface area contributed by atoms with Crippen molar-refractivity contribution in [2.75, 3.05) is 7.05 Å². The Hall–Kier alpha value is -1.67. The van der Waals surface area contributed by atoms with Gasteiger partial charge in [-0.3, -0.25) is 4.98 Å². The Balaban J connectivity index is 2.18. The van der Waals surface area contributed by atoms with Gasteiger partial charge in [-0.25, -0.2) is 0 Å². The van der Waals surface area contributed by atoms with E-state index < -0.39 is 0 Å². The van der Waals surface area contributed by atoms with E-state index in [2.05, 4.69) is 68.3 Å². The van der Waals surface area contributed by atoms with Gasteiger partial charge in [-0.15, -0.1) is 0 Å². The molecular formula is C19H26N2. The van der Waals surface area contributed by atoms with Gasteiger partial charge in [0.25, 0.3) is 0 Å². The molecule has 0 aliphatic heterocycles. The van der Waals surface area contributed by atoms with Crippen LogP contribution in [-0.2, 0) is 11.8 Å². The van der Waals surface area contributed by atoms with E-state index in [9.17, 15) is 0 Å². The van der Waals surface area contributed by atoms with Gasteiger partial charge in [0.2, 0.25) is 0 Å². The van der Waals surface area contributed by atoms with Crippen molar-refractivity contribution < 1.29 is 0 Å². The molecule has 2 aromatic rings. The summed E-state index contributed by atoms with van der Waals surface area (Å²) in [5.74, 6) is 0. The Morgan fingerprint density at radius 2 is 1.76 bits per heavy atom. The molecule has 2 heteroatoms. The minimum Gasteiger partial charge on any atom is -0.313 e. The second kappa shape index (κ2) is 6.40. The molecule has 0 bridgehead atoms. The van der Waals surface area contributed by atoms with Crippen LogP contribution in [0.15, 0.2) is 42.6 Å². The van der Waals surface area contributed by atoms with Crippen LogP contribution < -0.4 is 5.32 Å². The Morgan fingerprint density at radius 3 is 2.29 bits per heavy atom. The first-order valence-electron chi connectivity index (χ1n) is 7.60. The van der Waals surface area contributed by atoms with Gasteiger partial charge >= 0.3 is 0 Å². The maximum Gasteiger partial charge on any atom is 0.0420 e. The van der Waals surface area contributed by atoms with Crippen LogP contribution in [0.25, 0.3) is 0 Å². The molecule has 1 N–H and O–H groups in total. The van der Waals surface area contributed by atoms with Crippen molar-refractivity contribution in [3.8, 4) is 0 Å². The van der Waals surface area contributed by atoms with Gasteiger partial charge in [0.05, 0.1) is 0 Å². The maximum absolute atomic E-state index is 4.40. The van der Waals surface area contributed by atoms with Crippen molar-refractivity contribution >= 4 is 0 Å². The fourth-order valence-electron chi connectivity index (χ4n) is 2.61. The van der Waals surface area contributed by atoms with E-state index in [0.29, 0.717) is 6.04 Å². The van der Waals surface area contributed by atoms with Gasteiger partial charge in [-0.2, -0.15) is 0 Å². The lowest BCUT2D eigenvalue weighted by molar-refractivity contribution is 0.580. The van der Waals surface area contributed by atoms with Crippen LogP contribution in [0, 0.1) is 6.92 Å². The summed E-state index contributed by atoms with van der Waals surface area (Å²) in [6.07, 6.45) is 2.83. The van der Waals surface area contributed by atoms with Crippen molar-refractivity contribution in [2.45, 2.75) is 45.6 Å². The summed E-state index contributed by atoms with van der Waals surface area (Å²) in [4.78, 5) is 4.40. The van der Waals surface area contributed by atoms with Crippen LogP contribution in [0.2, 0.25) is 0 Å². The summed E-state index contributed by atoms with van der Waals surface area (Å²) >= 11 is 0. The highest BCUT2D eigenvalue weighted by molar-refractivity contribution is 5.30. The molecule has 0 radical (unpaired) electrons. The molecule has 1 unspecified atom stereocenters. The van der Waals surface area contributed by atoms with E-state index in [1.165, 1.54) is 16.7 Å². The highest BCUT2D eigenvalue weighted by Gasteiger charge is 2.15. The lowest BCUT2D eigenvalue weighted by Crippen LogP contribution is -2.20. The number of aryl methyl sites for hydroxylation is 1. The van der Waals surface area contributed by atoms with Crippen molar-refractivity contribution in [3.63, 3.8) is 0 Å². The van der Waals surface area contributed by atoms with Crippen molar-refractivity contribution in [1.29, 1.82) is 0 Å². The Labute approximate surface area is 128 Å². The minimum atomic E-state index is 0.209. The van der Waals surface area contributed by atoms with Gasteiger partial charge in [-0.1, -0.05) is 51.1 Å². The number of aromatic nitrogens is 1. The van der Waals surface area contributed by atoms with Crippen LogP contribution in [0.1, 0.15) is 49.2 Å². The summed E-state index contributed by atoms with van der Waals surface area (Å²) < 4.78 is 0. The molecule has 1 atom stereocenters. The minimum absolute atomic E-state index is 0.209. The molecule has 2 nitrogen and oxygen atoms in total. The molecule has 0 spiro atoms. The third-order valence-corrected chi connectivity index (χ3v) is 4.03. The van der Waals surface area contributed by atoms with E-state index in [1.807, 2.05) is 19.3 Å². The second-order valence-electron chi connectivity index (χ2n) is 6.67. The molecular weight excluding hydrogens is 256 g/mol. The van der Waals surface area contributed by atoms with Gasteiger partial charge < -0.3 is 5.32 Å². The zero-order chi connectivity index (χ0) is 15.5. The zero-order valence-electron chi connectivity index (χ0n) is 13.8. The maximum atomic E-state index is 4.40. The van der Waals surface area contributed by atoms with Crippen LogP contribution in [0.4, 0.5) is 0 Å². The molecule has 1 heterocycles. The number of rotatable bonds is 4. The smallest absolute Gasteiger partial charge is 0.0420 e. The number of likely N-dealkylation sites (N-methyl/N-ethyl adjacent to an activating group) is 1. The Bertz CT molecular complexity index is 579. The van der Waals surface area contributed by atoms with E-state index in [-0.39, 0.29) is 5.41 Å². The van der Waals surface area contributed by atoms with Gasteiger partial charge in [0, 0.05) is 17.9 Å². The van der Waals surface area contributed by atoms with Crippen LogP contribution in [0.3, 0.4) is 0 Å².